The normalized spacial score (nSPS) is 12.2. The summed E-state index contributed by atoms with van der Waals surface area (Å²) in [5, 5.41) is 5.38. The van der Waals surface area contributed by atoms with E-state index in [0.717, 1.165) is 22.4 Å². The zero-order chi connectivity index (χ0) is 12.8. The number of fused-ring (bicyclic) bond motifs is 1. The van der Waals surface area contributed by atoms with Crippen LogP contribution in [-0.4, -0.2) is 9.78 Å². The number of aromatic nitrogens is 2. The summed E-state index contributed by atoms with van der Waals surface area (Å²) in [5.74, 6) is 0.997. The van der Waals surface area contributed by atoms with Gasteiger partial charge in [-0.15, -0.1) is 0 Å². The van der Waals surface area contributed by atoms with E-state index in [9.17, 15) is 0 Å². The van der Waals surface area contributed by atoms with Crippen molar-refractivity contribution >= 4 is 11.0 Å². The van der Waals surface area contributed by atoms with Crippen LogP contribution in [0.15, 0.2) is 47.1 Å². The van der Waals surface area contributed by atoms with E-state index >= 15 is 0 Å². The summed E-state index contributed by atoms with van der Waals surface area (Å²) in [4.78, 5) is 0. The van der Waals surface area contributed by atoms with Crippen LogP contribution in [-0.2, 0) is 5.41 Å². The fourth-order valence-corrected chi connectivity index (χ4v) is 2.01. The lowest BCUT2D eigenvalue weighted by Gasteiger charge is -2.13. The highest BCUT2D eigenvalue weighted by Gasteiger charge is 2.20. The van der Waals surface area contributed by atoms with Crippen LogP contribution in [0.4, 0.5) is 0 Å². The SMILES string of the molecule is CC(C)(C)c1cc2cccc(-n3cccn3)c2o1. The highest BCUT2D eigenvalue weighted by Crippen LogP contribution is 2.31. The number of hydrogen-bond donors (Lipinski definition) is 0. The fourth-order valence-electron chi connectivity index (χ4n) is 2.01. The Hall–Kier alpha value is -2.03. The molecular formula is C15H16N2O. The molecule has 3 aromatic rings. The van der Waals surface area contributed by atoms with Crippen molar-refractivity contribution < 1.29 is 4.42 Å². The van der Waals surface area contributed by atoms with E-state index in [1.54, 1.807) is 6.20 Å². The summed E-state index contributed by atoms with van der Waals surface area (Å²) in [6.07, 6.45) is 3.69. The molecule has 0 saturated carbocycles. The van der Waals surface area contributed by atoms with Crippen LogP contribution in [0.1, 0.15) is 26.5 Å². The minimum atomic E-state index is 0.0143. The zero-order valence-electron chi connectivity index (χ0n) is 10.8. The Morgan fingerprint density at radius 2 is 2.00 bits per heavy atom. The summed E-state index contributed by atoms with van der Waals surface area (Å²) < 4.78 is 7.86. The molecule has 0 radical (unpaired) electrons. The van der Waals surface area contributed by atoms with E-state index in [0.29, 0.717) is 0 Å². The topological polar surface area (TPSA) is 31.0 Å². The van der Waals surface area contributed by atoms with Crippen LogP contribution in [0.3, 0.4) is 0 Å². The monoisotopic (exact) mass is 240 g/mol. The van der Waals surface area contributed by atoms with Gasteiger partial charge in [-0.3, -0.25) is 0 Å². The second kappa shape index (κ2) is 3.73. The summed E-state index contributed by atoms with van der Waals surface area (Å²) in [5.41, 5.74) is 1.89. The average Bonchev–Trinajstić information content (AvgIpc) is 2.96. The molecular weight excluding hydrogens is 224 g/mol. The van der Waals surface area contributed by atoms with E-state index < -0.39 is 0 Å². The van der Waals surface area contributed by atoms with Gasteiger partial charge in [0.15, 0.2) is 5.58 Å². The first-order valence-electron chi connectivity index (χ1n) is 6.09. The zero-order valence-corrected chi connectivity index (χ0v) is 10.8. The van der Waals surface area contributed by atoms with E-state index in [1.165, 1.54) is 0 Å². The van der Waals surface area contributed by atoms with Gasteiger partial charge in [-0.05, 0) is 18.2 Å². The highest BCUT2D eigenvalue weighted by molar-refractivity contribution is 5.85. The maximum absolute atomic E-state index is 6.03. The Kier molecular flexibility index (Phi) is 2.30. The van der Waals surface area contributed by atoms with Crippen LogP contribution in [0.25, 0.3) is 16.7 Å². The number of benzene rings is 1. The fraction of sp³-hybridized carbons (Fsp3) is 0.267. The van der Waals surface area contributed by atoms with Gasteiger partial charge in [0.2, 0.25) is 0 Å². The predicted molar refractivity (Wildman–Crippen MR) is 72.0 cm³/mol. The van der Waals surface area contributed by atoms with Gasteiger partial charge in [0, 0.05) is 23.2 Å². The van der Waals surface area contributed by atoms with Crippen LogP contribution in [0, 0.1) is 0 Å². The van der Waals surface area contributed by atoms with Crippen molar-refractivity contribution in [3.8, 4) is 5.69 Å². The van der Waals surface area contributed by atoms with Gasteiger partial charge in [-0.2, -0.15) is 5.10 Å². The minimum absolute atomic E-state index is 0.0143. The van der Waals surface area contributed by atoms with Gasteiger partial charge in [0.05, 0.1) is 0 Å². The second-order valence-corrected chi connectivity index (χ2v) is 5.51. The summed E-state index contributed by atoms with van der Waals surface area (Å²) >= 11 is 0. The standard InChI is InChI=1S/C15H16N2O/c1-15(2,3)13-10-11-6-4-7-12(14(11)18-13)17-9-5-8-16-17/h4-10H,1-3H3. The molecule has 18 heavy (non-hydrogen) atoms. The van der Waals surface area contributed by atoms with E-state index in [2.05, 4.69) is 38.0 Å². The maximum atomic E-state index is 6.03. The molecule has 2 aromatic heterocycles. The average molecular weight is 240 g/mol. The van der Waals surface area contributed by atoms with Crippen LogP contribution in [0.2, 0.25) is 0 Å². The first kappa shape index (κ1) is 11.1. The lowest BCUT2D eigenvalue weighted by molar-refractivity contribution is 0.429. The van der Waals surface area contributed by atoms with Crippen LogP contribution < -0.4 is 0 Å². The second-order valence-electron chi connectivity index (χ2n) is 5.51. The third kappa shape index (κ3) is 1.72. The third-order valence-corrected chi connectivity index (χ3v) is 3.01. The molecule has 3 nitrogen and oxygen atoms in total. The molecule has 0 amide bonds. The summed E-state index contributed by atoms with van der Waals surface area (Å²) in [7, 11) is 0. The highest BCUT2D eigenvalue weighted by atomic mass is 16.3. The van der Waals surface area contributed by atoms with E-state index in [-0.39, 0.29) is 5.41 Å². The first-order chi connectivity index (χ1) is 8.55. The molecule has 0 fully saturated rings. The Morgan fingerprint density at radius 3 is 2.67 bits per heavy atom. The minimum Gasteiger partial charge on any atom is -0.458 e. The molecule has 3 heteroatoms. The molecule has 0 unspecified atom stereocenters. The first-order valence-corrected chi connectivity index (χ1v) is 6.09. The van der Waals surface area contributed by atoms with Crippen molar-refractivity contribution in [1.29, 1.82) is 0 Å². The molecule has 92 valence electrons. The molecule has 2 heterocycles. The molecule has 0 aliphatic rings. The molecule has 0 saturated heterocycles. The summed E-state index contributed by atoms with van der Waals surface area (Å²) in [6.45, 7) is 6.45. The molecule has 0 atom stereocenters. The quantitative estimate of drug-likeness (QED) is 0.645. The molecule has 1 aromatic carbocycles. The van der Waals surface area contributed by atoms with Crippen molar-refractivity contribution in [3.05, 3.63) is 48.5 Å². The number of rotatable bonds is 1. The smallest absolute Gasteiger partial charge is 0.159 e. The Balaban J connectivity index is 2.25. The van der Waals surface area contributed by atoms with Gasteiger partial charge in [0.25, 0.3) is 0 Å². The Morgan fingerprint density at radius 1 is 1.17 bits per heavy atom. The van der Waals surface area contributed by atoms with Gasteiger partial charge >= 0.3 is 0 Å². The Bertz CT molecular complexity index is 672. The number of hydrogen-bond acceptors (Lipinski definition) is 2. The predicted octanol–water partition coefficient (Wildman–Crippen LogP) is 3.92. The van der Waals surface area contributed by atoms with E-state index in [4.69, 9.17) is 4.42 Å². The lowest BCUT2D eigenvalue weighted by Crippen LogP contribution is -2.08. The largest absolute Gasteiger partial charge is 0.458 e. The third-order valence-electron chi connectivity index (χ3n) is 3.01. The Labute approximate surface area is 106 Å². The van der Waals surface area contributed by atoms with Crippen molar-refractivity contribution in [2.45, 2.75) is 26.2 Å². The molecule has 0 bridgehead atoms. The van der Waals surface area contributed by atoms with Crippen molar-refractivity contribution in [3.63, 3.8) is 0 Å². The molecule has 0 aliphatic heterocycles. The van der Waals surface area contributed by atoms with Crippen molar-refractivity contribution in [1.82, 2.24) is 9.78 Å². The maximum Gasteiger partial charge on any atom is 0.159 e. The van der Waals surface area contributed by atoms with Gasteiger partial charge in [-0.1, -0.05) is 32.9 Å². The summed E-state index contributed by atoms with van der Waals surface area (Å²) in [6, 6.07) is 10.1. The van der Waals surface area contributed by atoms with Crippen molar-refractivity contribution in [2.24, 2.45) is 0 Å². The van der Waals surface area contributed by atoms with Gasteiger partial charge < -0.3 is 4.42 Å². The molecule has 0 spiro atoms. The molecule has 3 rings (SSSR count). The molecule has 0 aliphatic carbocycles. The number of furan rings is 1. The van der Waals surface area contributed by atoms with Crippen molar-refractivity contribution in [2.75, 3.05) is 0 Å². The lowest BCUT2D eigenvalue weighted by atomic mass is 9.93. The number of para-hydroxylation sites is 1. The van der Waals surface area contributed by atoms with Gasteiger partial charge in [-0.25, -0.2) is 4.68 Å². The van der Waals surface area contributed by atoms with Crippen LogP contribution in [0.5, 0.6) is 0 Å². The van der Waals surface area contributed by atoms with Gasteiger partial charge in [0.1, 0.15) is 11.4 Å². The molecule has 0 N–H and O–H groups in total. The van der Waals surface area contributed by atoms with Crippen LogP contribution >= 0.6 is 0 Å². The number of nitrogens with zero attached hydrogens (tertiary/aromatic N) is 2. The van der Waals surface area contributed by atoms with E-state index in [1.807, 2.05) is 29.1 Å².